The van der Waals surface area contributed by atoms with Gasteiger partial charge < -0.3 is 14.2 Å². The van der Waals surface area contributed by atoms with E-state index in [-0.39, 0.29) is 18.4 Å². The summed E-state index contributed by atoms with van der Waals surface area (Å²) in [5.41, 5.74) is -0.367. The number of carbonyl (C=O) groups excluding carboxylic acids is 1. The van der Waals surface area contributed by atoms with E-state index in [4.69, 9.17) is 9.26 Å². The Balaban J connectivity index is 3.44. The molecule has 1 atom stereocenters. The third-order valence-corrected chi connectivity index (χ3v) is 5.19. The topological polar surface area (TPSA) is 72.8 Å². The van der Waals surface area contributed by atoms with E-state index in [0.717, 1.165) is 32.3 Å². The molecular weight excluding hydrogens is 303 g/mol. The molecule has 0 heterocycles. The van der Waals surface area contributed by atoms with Crippen molar-refractivity contribution in [3.63, 3.8) is 0 Å². The molecule has 6 heteroatoms. The predicted molar refractivity (Wildman–Crippen MR) is 89.3 cm³/mol. The maximum absolute atomic E-state index is 11.7. The first-order chi connectivity index (χ1) is 10.3. The summed E-state index contributed by atoms with van der Waals surface area (Å²) in [6, 6.07) is 0. The monoisotopic (exact) mass is 336 g/mol. The van der Waals surface area contributed by atoms with Crippen LogP contribution < -0.4 is 0 Å². The normalized spacial score (nSPS) is 14.5. The zero-order chi connectivity index (χ0) is 17.0. The molecule has 0 spiro atoms. The second kappa shape index (κ2) is 12.2. The van der Waals surface area contributed by atoms with Crippen molar-refractivity contribution in [2.24, 2.45) is 0 Å². The second-order valence-electron chi connectivity index (χ2n) is 6.22. The van der Waals surface area contributed by atoms with Crippen LogP contribution in [0, 0.1) is 0 Å². The van der Waals surface area contributed by atoms with Gasteiger partial charge in [-0.1, -0.05) is 20.3 Å². The van der Waals surface area contributed by atoms with Gasteiger partial charge >= 0.3 is 7.60 Å². The minimum absolute atomic E-state index is 0.253. The van der Waals surface area contributed by atoms with Crippen LogP contribution >= 0.6 is 7.60 Å². The summed E-state index contributed by atoms with van der Waals surface area (Å²) < 4.78 is 22.0. The lowest BCUT2D eigenvalue weighted by atomic mass is 10.1. The average molecular weight is 336 g/mol. The van der Waals surface area contributed by atoms with Gasteiger partial charge in [0, 0.05) is 19.4 Å². The molecule has 132 valence electrons. The number of rotatable bonds is 14. The van der Waals surface area contributed by atoms with Crippen molar-refractivity contribution in [3.8, 4) is 0 Å². The smallest absolute Gasteiger partial charge is 0.330 e. The number of unbranched alkanes of at least 4 members (excludes halogenated alkanes) is 3. The minimum atomic E-state index is -3.44. The maximum Gasteiger partial charge on any atom is 0.330 e. The van der Waals surface area contributed by atoms with Gasteiger partial charge in [0.15, 0.2) is 0 Å². The Kier molecular flexibility index (Phi) is 12.1. The number of hydrogen-bond acceptors (Lipinski definition) is 4. The summed E-state index contributed by atoms with van der Waals surface area (Å²) in [6.07, 6.45) is 5.66. The highest BCUT2D eigenvalue weighted by Crippen LogP contribution is 2.46. The van der Waals surface area contributed by atoms with Crippen molar-refractivity contribution in [3.05, 3.63) is 0 Å². The lowest BCUT2D eigenvalue weighted by Crippen LogP contribution is -2.05. The molecule has 0 bridgehead atoms. The first kappa shape index (κ1) is 21.8. The van der Waals surface area contributed by atoms with Crippen LogP contribution in [-0.2, 0) is 18.6 Å². The molecule has 0 amide bonds. The van der Waals surface area contributed by atoms with Crippen molar-refractivity contribution in [2.45, 2.75) is 84.4 Å². The summed E-state index contributed by atoms with van der Waals surface area (Å²) in [6.45, 7) is 8.36. The Morgan fingerprint density at radius 3 is 2.05 bits per heavy atom. The molecule has 0 fully saturated rings. The van der Waals surface area contributed by atoms with Gasteiger partial charge in [-0.25, -0.2) is 0 Å². The molecule has 0 aliphatic rings. The Morgan fingerprint density at radius 2 is 1.50 bits per heavy atom. The van der Waals surface area contributed by atoms with Crippen LogP contribution in [-0.4, -0.2) is 35.7 Å². The first-order valence-corrected chi connectivity index (χ1v) is 10.0. The molecule has 0 aromatic heterocycles. The van der Waals surface area contributed by atoms with Crippen LogP contribution in [0.4, 0.5) is 0 Å². The van der Waals surface area contributed by atoms with E-state index in [9.17, 15) is 14.3 Å². The van der Waals surface area contributed by atoms with E-state index < -0.39 is 7.60 Å². The molecule has 0 aromatic rings. The summed E-state index contributed by atoms with van der Waals surface area (Å²) in [7, 11) is -3.44. The molecule has 0 aromatic carbocycles. The van der Waals surface area contributed by atoms with Gasteiger partial charge in [-0.05, 0) is 39.5 Å². The van der Waals surface area contributed by atoms with Gasteiger partial charge in [0.05, 0.1) is 18.4 Å². The lowest BCUT2D eigenvalue weighted by molar-refractivity contribution is -0.119. The number of Topliss-reactive ketones (excluding diaryl/α,β-unsaturated/α-hetero) is 1. The molecule has 5 nitrogen and oxygen atoms in total. The van der Waals surface area contributed by atoms with Crippen LogP contribution in [0.3, 0.4) is 0 Å². The molecule has 22 heavy (non-hydrogen) atoms. The molecule has 1 N–H and O–H groups in total. The van der Waals surface area contributed by atoms with Gasteiger partial charge in [0.1, 0.15) is 5.78 Å². The van der Waals surface area contributed by atoms with Gasteiger partial charge in [0.2, 0.25) is 0 Å². The highest BCUT2D eigenvalue weighted by molar-refractivity contribution is 7.53. The Bertz CT molecular complexity index is 341. The Hall–Kier alpha value is -0.220. The fourth-order valence-corrected chi connectivity index (χ4v) is 2.50. The van der Waals surface area contributed by atoms with Gasteiger partial charge in [-0.3, -0.25) is 9.36 Å². The van der Waals surface area contributed by atoms with Crippen molar-refractivity contribution in [1.29, 1.82) is 0 Å². The predicted octanol–water partition coefficient (Wildman–Crippen LogP) is 4.32. The van der Waals surface area contributed by atoms with Crippen molar-refractivity contribution >= 4 is 13.4 Å². The highest BCUT2D eigenvalue weighted by atomic mass is 31.2. The molecule has 0 saturated heterocycles. The zero-order valence-corrected chi connectivity index (χ0v) is 15.4. The van der Waals surface area contributed by atoms with E-state index in [1.54, 1.807) is 13.8 Å². The molecule has 0 saturated carbocycles. The Labute approximate surface area is 135 Å². The largest absolute Gasteiger partial charge is 0.379 e. The number of hydrogen-bond donors (Lipinski definition) is 1. The zero-order valence-electron chi connectivity index (χ0n) is 14.5. The quantitative estimate of drug-likeness (QED) is 0.378. The third kappa shape index (κ3) is 12.3. The van der Waals surface area contributed by atoms with Gasteiger partial charge in [-0.15, -0.1) is 0 Å². The van der Waals surface area contributed by atoms with Crippen molar-refractivity contribution in [1.82, 2.24) is 0 Å². The van der Waals surface area contributed by atoms with Crippen molar-refractivity contribution in [2.75, 3.05) is 13.2 Å². The fraction of sp³-hybridized carbons (Fsp3) is 0.938. The SMILES string of the molecule is CC(C)OCCCCC(=O)CCCCCOP(=O)(O)C(C)C. The third-order valence-electron chi connectivity index (χ3n) is 3.33. The summed E-state index contributed by atoms with van der Waals surface area (Å²) in [4.78, 5) is 21.1. The van der Waals surface area contributed by atoms with Crippen molar-refractivity contribution < 1.29 is 23.5 Å². The van der Waals surface area contributed by atoms with E-state index in [0.29, 0.717) is 25.0 Å². The Morgan fingerprint density at radius 1 is 0.955 bits per heavy atom. The molecule has 1 unspecified atom stereocenters. The summed E-state index contributed by atoms with van der Waals surface area (Å²) >= 11 is 0. The maximum atomic E-state index is 11.7. The van der Waals surface area contributed by atoms with E-state index in [2.05, 4.69) is 0 Å². The molecular formula is C16H33O5P. The lowest BCUT2D eigenvalue weighted by Gasteiger charge is -2.14. The van der Waals surface area contributed by atoms with Gasteiger partial charge in [-0.2, -0.15) is 0 Å². The first-order valence-electron chi connectivity index (χ1n) is 8.36. The van der Waals surface area contributed by atoms with Crippen LogP contribution in [0.15, 0.2) is 0 Å². The van der Waals surface area contributed by atoms with Crippen LogP contribution in [0.5, 0.6) is 0 Å². The van der Waals surface area contributed by atoms with Gasteiger partial charge in [0.25, 0.3) is 0 Å². The van der Waals surface area contributed by atoms with Crippen LogP contribution in [0.25, 0.3) is 0 Å². The number of carbonyl (C=O) groups is 1. The van der Waals surface area contributed by atoms with Crippen LogP contribution in [0.1, 0.15) is 72.6 Å². The molecule has 0 radical (unpaired) electrons. The fourth-order valence-electron chi connectivity index (χ4n) is 1.81. The second-order valence-corrected chi connectivity index (χ2v) is 8.64. The van der Waals surface area contributed by atoms with E-state index in [1.165, 1.54) is 0 Å². The molecule has 0 aliphatic carbocycles. The molecule has 0 aliphatic heterocycles. The van der Waals surface area contributed by atoms with Crippen LogP contribution in [0.2, 0.25) is 0 Å². The van der Waals surface area contributed by atoms with E-state index in [1.807, 2.05) is 13.8 Å². The summed E-state index contributed by atoms with van der Waals surface area (Å²) in [5.74, 6) is 0.292. The number of ether oxygens (including phenoxy) is 1. The van der Waals surface area contributed by atoms with E-state index >= 15 is 0 Å². The summed E-state index contributed by atoms with van der Waals surface area (Å²) in [5, 5.41) is 0. The highest BCUT2D eigenvalue weighted by Gasteiger charge is 2.23. The number of ketones is 1. The molecule has 0 rings (SSSR count). The standard InChI is InChI=1S/C16H33O5P/c1-14(2)20-12-9-7-11-16(17)10-6-5-8-13-21-22(18,19)15(3)4/h14-15H,5-13H2,1-4H3,(H,18,19). The average Bonchev–Trinajstić information content (AvgIpc) is 2.41. The minimum Gasteiger partial charge on any atom is -0.379 e.